The van der Waals surface area contributed by atoms with E-state index in [1.807, 2.05) is 6.07 Å². The predicted molar refractivity (Wildman–Crippen MR) is 76.0 cm³/mol. The third-order valence-corrected chi connectivity index (χ3v) is 4.32. The smallest absolute Gasteiger partial charge is 0.120 e. The molecule has 1 aromatic carbocycles. The number of phenolic OH excluding ortho intramolecular Hbond substituents is 1. The number of hydrogen-bond acceptors (Lipinski definition) is 2. The van der Waals surface area contributed by atoms with Crippen molar-refractivity contribution in [1.82, 2.24) is 5.32 Å². The van der Waals surface area contributed by atoms with Gasteiger partial charge < -0.3 is 10.4 Å². The largest absolute Gasteiger partial charge is 0.508 e. The second-order valence-electron chi connectivity index (χ2n) is 5.94. The van der Waals surface area contributed by atoms with E-state index in [1.165, 1.54) is 25.7 Å². The van der Waals surface area contributed by atoms with Crippen molar-refractivity contribution in [2.45, 2.75) is 52.1 Å². The van der Waals surface area contributed by atoms with Crippen LogP contribution in [0.2, 0.25) is 5.02 Å². The second kappa shape index (κ2) is 5.50. The number of nitrogens with one attached hydrogen (secondary N) is 1. The van der Waals surface area contributed by atoms with E-state index >= 15 is 0 Å². The zero-order chi connectivity index (χ0) is 13.2. The highest BCUT2D eigenvalue weighted by Gasteiger charge is 2.31. The van der Waals surface area contributed by atoms with Crippen LogP contribution in [-0.2, 0) is 6.54 Å². The number of benzene rings is 1. The third kappa shape index (κ3) is 3.18. The topological polar surface area (TPSA) is 32.3 Å². The van der Waals surface area contributed by atoms with Crippen LogP contribution in [-0.4, -0.2) is 11.1 Å². The van der Waals surface area contributed by atoms with Crippen LogP contribution in [0, 0.1) is 5.41 Å². The molecule has 0 spiro atoms. The lowest BCUT2D eigenvalue weighted by molar-refractivity contribution is 0.166. The van der Waals surface area contributed by atoms with Gasteiger partial charge in [-0.25, -0.2) is 0 Å². The van der Waals surface area contributed by atoms with Crippen LogP contribution >= 0.6 is 11.6 Å². The number of hydrogen-bond donors (Lipinski definition) is 2. The van der Waals surface area contributed by atoms with Crippen LogP contribution in [0.15, 0.2) is 18.2 Å². The van der Waals surface area contributed by atoms with Gasteiger partial charge in [0.15, 0.2) is 0 Å². The minimum Gasteiger partial charge on any atom is -0.508 e. The molecule has 3 heteroatoms. The fourth-order valence-electron chi connectivity index (χ4n) is 2.80. The van der Waals surface area contributed by atoms with Crippen molar-refractivity contribution in [3.05, 3.63) is 28.8 Å². The summed E-state index contributed by atoms with van der Waals surface area (Å²) in [5.74, 6) is 0.320. The summed E-state index contributed by atoms with van der Waals surface area (Å²) in [6, 6.07) is 5.72. The van der Waals surface area contributed by atoms with Gasteiger partial charge in [0, 0.05) is 23.2 Å². The Hall–Kier alpha value is -0.730. The molecule has 18 heavy (non-hydrogen) atoms. The van der Waals surface area contributed by atoms with Crippen molar-refractivity contribution in [2.24, 2.45) is 5.41 Å². The SMILES string of the molecule is CC1(C)CCCCC1NCc1cc(Cl)ccc1O. The first-order chi connectivity index (χ1) is 8.49. The minimum atomic E-state index is 0.320. The van der Waals surface area contributed by atoms with Gasteiger partial charge in [-0.1, -0.05) is 38.3 Å². The van der Waals surface area contributed by atoms with E-state index in [-0.39, 0.29) is 0 Å². The van der Waals surface area contributed by atoms with Crippen LogP contribution in [0.1, 0.15) is 45.1 Å². The van der Waals surface area contributed by atoms with Gasteiger partial charge in [-0.05, 0) is 36.5 Å². The maximum Gasteiger partial charge on any atom is 0.120 e. The molecule has 1 fully saturated rings. The van der Waals surface area contributed by atoms with Crippen molar-refractivity contribution in [1.29, 1.82) is 0 Å². The Morgan fingerprint density at radius 2 is 2.17 bits per heavy atom. The van der Waals surface area contributed by atoms with Gasteiger partial charge in [0.2, 0.25) is 0 Å². The molecule has 0 bridgehead atoms. The average Bonchev–Trinajstić information content (AvgIpc) is 2.31. The molecule has 2 N–H and O–H groups in total. The number of rotatable bonds is 3. The molecule has 2 nitrogen and oxygen atoms in total. The van der Waals surface area contributed by atoms with Gasteiger partial charge >= 0.3 is 0 Å². The molecule has 0 aliphatic heterocycles. The summed E-state index contributed by atoms with van der Waals surface area (Å²) in [6.07, 6.45) is 5.11. The molecule has 1 aromatic rings. The molecule has 100 valence electrons. The summed E-state index contributed by atoms with van der Waals surface area (Å²) in [5, 5.41) is 14.0. The molecule has 0 heterocycles. The zero-order valence-electron chi connectivity index (χ0n) is 11.2. The standard InChI is InChI=1S/C15H22ClNO/c1-15(2)8-4-3-5-14(15)17-10-11-9-12(16)6-7-13(11)18/h6-7,9,14,17-18H,3-5,8,10H2,1-2H3. The van der Waals surface area contributed by atoms with Crippen LogP contribution in [0.4, 0.5) is 0 Å². The summed E-state index contributed by atoms with van der Waals surface area (Å²) < 4.78 is 0. The lowest BCUT2D eigenvalue weighted by Crippen LogP contribution is -2.43. The number of halogens is 1. The van der Waals surface area contributed by atoms with E-state index in [0.29, 0.717) is 28.8 Å². The molecule has 0 saturated heterocycles. The lowest BCUT2D eigenvalue weighted by Gasteiger charge is -2.39. The van der Waals surface area contributed by atoms with E-state index in [2.05, 4.69) is 19.2 Å². The molecular formula is C15H22ClNO. The fourth-order valence-corrected chi connectivity index (χ4v) is 3.00. The molecular weight excluding hydrogens is 246 g/mol. The van der Waals surface area contributed by atoms with Crippen LogP contribution in [0.25, 0.3) is 0 Å². The molecule has 0 amide bonds. The summed E-state index contributed by atoms with van der Waals surface area (Å²) in [7, 11) is 0. The first kappa shape index (κ1) is 13.7. The van der Waals surface area contributed by atoms with Gasteiger partial charge in [-0.2, -0.15) is 0 Å². The van der Waals surface area contributed by atoms with Crippen LogP contribution in [0.5, 0.6) is 5.75 Å². The Morgan fingerprint density at radius 3 is 2.89 bits per heavy atom. The monoisotopic (exact) mass is 267 g/mol. The lowest BCUT2D eigenvalue weighted by atomic mass is 9.73. The highest BCUT2D eigenvalue weighted by molar-refractivity contribution is 6.30. The highest BCUT2D eigenvalue weighted by atomic mass is 35.5. The van der Waals surface area contributed by atoms with E-state index < -0.39 is 0 Å². The van der Waals surface area contributed by atoms with Gasteiger partial charge in [0.25, 0.3) is 0 Å². The molecule has 1 aliphatic carbocycles. The minimum absolute atomic E-state index is 0.320. The molecule has 0 radical (unpaired) electrons. The quantitative estimate of drug-likeness (QED) is 0.864. The Balaban J connectivity index is 2.00. The van der Waals surface area contributed by atoms with E-state index in [4.69, 9.17) is 11.6 Å². The first-order valence-electron chi connectivity index (χ1n) is 6.70. The van der Waals surface area contributed by atoms with Gasteiger partial charge in [-0.15, -0.1) is 0 Å². The Bertz CT molecular complexity index is 417. The molecule has 1 aliphatic rings. The molecule has 0 aromatic heterocycles. The summed E-state index contributed by atoms with van der Waals surface area (Å²) in [5.41, 5.74) is 1.22. The van der Waals surface area contributed by atoms with E-state index in [1.54, 1.807) is 12.1 Å². The van der Waals surface area contributed by atoms with Crippen LogP contribution in [0.3, 0.4) is 0 Å². The molecule has 1 atom stereocenters. The van der Waals surface area contributed by atoms with Gasteiger partial charge in [-0.3, -0.25) is 0 Å². The third-order valence-electron chi connectivity index (χ3n) is 4.09. The van der Waals surface area contributed by atoms with Crippen molar-refractivity contribution in [3.63, 3.8) is 0 Å². The van der Waals surface area contributed by atoms with E-state index in [0.717, 1.165) is 5.56 Å². The molecule has 1 saturated carbocycles. The van der Waals surface area contributed by atoms with Crippen molar-refractivity contribution >= 4 is 11.6 Å². The predicted octanol–water partition coefficient (Wildman–Crippen LogP) is 4.10. The Labute approximate surface area is 114 Å². The Morgan fingerprint density at radius 1 is 1.39 bits per heavy atom. The van der Waals surface area contributed by atoms with Gasteiger partial charge in [0.05, 0.1) is 0 Å². The van der Waals surface area contributed by atoms with Crippen molar-refractivity contribution in [2.75, 3.05) is 0 Å². The summed E-state index contributed by atoms with van der Waals surface area (Å²) in [6.45, 7) is 5.32. The fraction of sp³-hybridized carbons (Fsp3) is 0.600. The second-order valence-corrected chi connectivity index (χ2v) is 6.38. The summed E-state index contributed by atoms with van der Waals surface area (Å²) in [4.78, 5) is 0. The summed E-state index contributed by atoms with van der Waals surface area (Å²) >= 11 is 5.96. The normalized spacial score (nSPS) is 22.9. The maximum atomic E-state index is 9.80. The van der Waals surface area contributed by atoms with Gasteiger partial charge in [0.1, 0.15) is 5.75 Å². The number of aromatic hydroxyl groups is 1. The molecule has 1 unspecified atom stereocenters. The maximum absolute atomic E-state index is 9.80. The van der Waals surface area contributed by atoms with Crippen molar-refractivity contribution < 1.29 is 5.11 Å². The zero-order valence-corrected chi connectivity index (χ0v) is 11.9. The average molecular weight is 268 g/mol. The number of phenols is 1. The van der Waals surface area contributed by atoms with Crippen LogP contribution < -0.4 is 5.32 Å². The Kier molecular flexibility index (Phi) is 4.18. The molecule has 2 rings (SSSR count). The highest BCUT2D eigenvalue weighted by Crippen LogP contribution is 2.35. The van der Waals surface area contributed by atoms with Crippen molar-refractivity contribution in [3.8, 4) is 5.75 Å². The first-order valence-corrected chi connectivity index (χ1v) is 7.07. The van der Waals surface area contributed by atoms with E-state index in [9.17, 15) is 5.11 Å².